The zero-order chi connectivity index (χ0) is 16.3. The second-order valence-electron chi connectivity index (χ2n) is 5.28. The van der Waals surface area contributed by atoms with E-state index in [1.54, 1.807) is 24.3 Å². The minimum absolute atomic E-state index is 0.106. The number of benzene rings is 1. The molecule has 1 aliphatic rings. The topological polar surface area (TPSA) is 61.4 Å². The third-order valence-corrected chi connectivity index (χ3v) is 3.78. The van der Waals surface area contributed by atoms with Gasteiger partial charge in [0.15, 0.2) is 0 Å². The summed E-state index contributed by atoms with van der Waals surface area (Å²) in [5.74, 6) is -0.411. The van der Waals surface area contributed by atoms with Crippen LogP contribution in [0.3, 0.4) is 0 Å². The van der Waals surface area contributed by atoms with Gasteiger partial charge in [0.05, 0.1) is 17.9 Å². The number of rotatable bonds is 4. The first-order valence-corrected chi connectivity index (χ1v) is 7.20. The molecular weight excluding hydrogens is 292 g/mol. The van der Waals surface area contributed by atoms with Gasteiger partial charge in [0.2, 0.25) is 5.91 Å². The van der Waals surface area contributed by atoms with Crippen molar-refractivity contribution in [1.82, 2.24) is 5.32 Å². The summed E-state index contributed by atoms with van der Waals surface area (Å²) in [5.41, 5.74) is 1.01. The number of para-hydroxylation sites is 2. The third kappa shape index (κ3) is 3.18. The Morgan fingerprint density at radius 3 is 2.73 bits per heavy atom. The number of urea groups is 1. The maximum absolute atomic E-state index is 12.3. The molecule has 2 N–H and O–H groups in total. The number of anilines is 2. The van der Waals surface area contributed by atoms with Gasteiger partial charge in [0.25, 0.3) is 6.43 Å². The predicted molar refractivity (Wildman–Crippen MR) is 80.2 cm³/mol. The molecule has 7 heteroatoms. The monoisotopic (exact) mass is 311 g/mol. The van der Waals surface area contributed by atoms with Crippen LogP contribution in [0.2, 0.25) is 0 Å². The summed E-state index contributed by atoms with van der Waals surface area (Å²) >= 11 is 0. The number of alkyl halides is 2. The van der Waals surface area contributed by atoms with Gasteiger partial charge < -0.3 is 10.6 Å². The van der Waals surface area contributed by atoms with Crippen molar-refractivity contribution < 1.29 is 18.4 Å². The molecular formula is C15H19F2N3O2. The molecule has 1 aliphatic heterocycles. The Kier molecular flexibility index (Phi) is 4.95. The average Bonchev–Trinajstić information content (AvgIpc) is 2.50. The van der Waals surface area contributed by atoms with E-state index in [4.69, 9.17) is 0 Å². The molecule has 1 aromatic rings. The van der Waals surface area contributed by atoms with Gasteiger partial charge in [0, 0.05) is 0 Å². The van der Waals surface area contributed by atoms with Crippen molar-refractivity contribution in [3.05, 3.63) is 24.3 Å². The lowest BCUT2D eigenvalue weighted by molar-refractivity contribution is -0.118. The van der Waals surface area contributed by atoms with Crippen molar-refractivity contribution in [2.45, 2.75) is 32.7 Å². The highest BCUT2D eigenvalue weighted by molar-refractivity contribution is 6.11. The summed E-state index contributed by atoms with van der Waals surface area (Å²) in [6.07, 6.45) is -1.96. The van der Waals surface area contributed by atoms with Crippen LogP contribution in [0.25, 0.3) is 0 Å². The number of carbonyl (C=O) groups excluding carboxylic acids is 2. The molecule has 0 bridgehead atoms. The lowest BCUT2D eigenvalue weighted by Crippen LogP contribution is -2.57. The highest BCUT2D eigenvalue weighted by Gasteiger charge is 2.39. The van der Waals surface area contributed by atoms with E-state index in [1.165, 1.54) is 4.90 Å². The van der Waals surface area contributed by atoms with Crippen LogP contribution in [0.5, 0.6) is 0 Å². The fraction of sp³-hybridized carbons (Fsp3) is 0.467. The Morgan fingerprint density at radius 2 is 2.09 bits per heavy atom. The summed E-state index contributed by atoms with van der Waals surface area (Å²) in [7, 11) is 0. The van der Waals surface area contributed by atoms with Crippen molar-refractivity contribution in [2.75, 3.05) is 16.8 Å². The molecule has 0 radical (unpaired) electrons. The lowest BCUT2D eigenvalue weighted by Gasteiger charge is -2.39. The molecule has 120 valence electrons. The Hall–Kier alpha value is -2.18. The molecule has 2 atom stereocenters. The van der Waals surface area contributed by atoms with E-state index in [9.17, 15) is 18.4 Å². The number of hydrogen-bond donors (Lipinski definition) is 2. The quantitative estimate of drug-likeness (QED) is 0.898. The Balaban J connectivity index is 2.37. The molecule has 0 saturated heterocycles. The zero-order valence-electron chi connectivity index (χ0n) is 12.5. The highest BCUT2D eigenvalue weighted by atomic mass is 19.3. The van der Waals surface area contributed by atoms with Crippen LogP contribution in [0.4, 0.5) is 25.0 Å². The van der Waals surface area contributed by atoms with E-state index in [0.29, 0.717) is 17.8 Å². The number of fused-ring (bicyclic) bond motifs is 1. The van der Waals surface area contributed by atoms with Gasteiger partial charge in [-0.05, 0) is 18.1 Å². The van der Waals surface area contributed by atoms with Crippen LogP contribution in [-0.4, -0.2) is 31.0 Å². The maximum atomic E-state index is 12.3. The SMILES string of the molecule is CC[C@H](C)[C@H]1C(=O)Nc2ccccc2N1C(=O)NCC(F)F. The molecule has 5 nitrogen and oxygen atoms in total. The standard InChI is InChI=1S/C15H19F2N3O2/c1-3-9(2)13-14(21)19-10-6-4-5-7-11(10)20(13)15(22)18-8-12(16)17/h4-7,9,12-13H,3,8H2,1-2H3,(H,18,22)(H,19,21)/t9-,13-/m0/s1. The molecule has 0 aliphatic carbocycles. The molecule has 22 heavy (non-hydrogen) atoms. The number of nitrogens with zero attached hydrogens (tertiary/aromatic N) is 1. The van der Waals surface area contributed by atoms with Crippen LogP contribution in [0, 0.1) is 5.92 Å². The minimum Gasteiger partial charge on any atom is -0.332 e. The van der Waals surface area contributed by atoms with Gasteiger partial charge in [-0.15, -0.1) is 0 Å². The first kappa shape index (κ1) is 16.2. The fourth-order valence-corrected chi connectivity index (χ4v) is 2.48. The van der Waals surface area contributed by atoms with E-state index in [2.05, 4.69) is 10.6 Å². The van der Waals surface area contributed by atoms with E-state index >= 15 is 0 Å². The van der Waals surface area contributed by atoms with Crippen LogP contribution in [0.15, 0.2) is 24.3 Å². The number of halogens is 2. The highest BCUT2D eigenvalue weighted by Crippen LogP contribution is 2.34. The predicted octanol–water partition coefficient (Wildman–Crippen LogP) is 2.83. The summed E-state index contributed by atoms with van der Waals surface area (Å²) in [5, 5.41) is 4.95. The second-order valence-corrected chi connectivity index (χ2v) is 5.28. The van der Waals surface area contributed by atoms with E-state index in [-0.39, 0.29) is 11.8 Å². The van der Waals surface area contributed by atoms with Gasteiger partial charge in [-0.1, -0.05) is 32.4 Å². The largest absolute Gasteiger partial charge is 0.332 e. The normalized spacial score (nSPS) is 18.7. The van der Waals surface area contributed by atoms with Crippen molar-refractivity contribution >= 4 is 23.3 Å². The summed E-state index contributed by atoms with van der Waals surface area (Å²) in [6.45, 7) is 3.02. The molecule has 1 aromatic carbocycles. The molecule has 3 amide bonds. The van der Waals surface area contributed by atoms with Gasteiger partial charge in [0.1, 0.15) is 6.04 Å². The third-order valence-electron chi connectivity index (χ3n) is 3.78. The summed E-state index contributed by atoms with van der Waals surface area (Å²) in [4.78, 5) is 26.0. The number of nitrogens with one attached hydrogen (secondary N) is 2. The fourth-order valence-electron chi connectivity index (χ4n) is 2.48. The average molecular weight is 311 g/mol. The Labute approximate surface area is 127 Å². The smallest absolute Gasteiger partial charge is 0.322 e. The minimum atomic E-state index is -2.64. The number of amides is 3. The van der Waals surface area contributed by atoms with Gasteiger partial charge >= 0.3 is 6.03 Å². The first-order valence-electron chi connectivity index (χ1n) is 7.20. The molecule has 0 unspecified atom stereocenters. The zero-order valence-corrected chi connectivity index (χ0v) is 12.5. The summed E-state index contributed by atoms with van der Waals surface area (Å²) in [6, 6.07) is 5.42. The second kappa shape index (κ2) is 6.72. The van der Waals surface area contributed by atoms with E-state index < -0.39 is 25.0 Å². The van der Waals surface area contributed by atoms with Crippen molar-refractivity contribution in [1.29, 1.82) is 0 Å². The molecule has 0 aromatic heterocycles. The van der Waals surface area contributed by atoms with Crippen LogP contribution >= 0.6 is 0 Å². The first-order chi connectivity index (χ1) is 10.5. The molecule has 1 heterocycles. The van der Waals surface area contributed by atoms with Gasteiger partial charge in [-0.3, -0.25) is 9.69 Å². The van der Waals surface area contributed by atoms with Gasteiger partial charge in [-0.25, -0.2) is 13.6 Å². The maximum Gasteiger partial charge on any atom is 0.322 e. The van der Waals surface area contributed by atoms with Crippen molar-refractivity contribution in [3.63, 3.8) is 0 Å². The van der Waals surface area contributed by atoms with Gasteiger partial charge in [-0.2, -0.15) is 0 Å². The lowest BCUT2D eigenvalue weighted by atomic mass is 9.94. The van der Waals surface area contributed by atoms with E-state index in [0.717, 1.165) is 0 Å². The number of carbonyl (C=O) groups is 2. The van der Waals surface area contributed by atoms with Crippen molar-refractivity contribution in [2.24, 2.45) is 5.92 Å². The Morgan fingerprint density at radius 1 is 1.41 bits per heavy atom. The molecule has 2 rings (SSSR count). The van der Waals surface area contributed by atoms with E-state index in [1.807, 2.05) is 13.8 Å². The summed E-state index contributed by atoms with van der Waals surface area (Å²) < 4.78 is 24.7. The molecule has 0 saturated carbocycles. The van der Waals surface area contributed by atoms with Crippen LogP contribution in [0.1, 0.15) is 20.3 Å². The number of hydrogen-bond acceptors (Lipinski definition) is 2. The molecule has 0 spiro atoms. The molecule has 0 fully saturated rings. The Bertz CT molecular complexity index is 565. The van der Waals surface area contributed by atoms with Crippen molar-refractivity contribution in [3.8, 4) is 0 Å². The van der Waals surface area contributed by atoms with Crippen LogP contribution in [-0.2, 0) is 4.79 Å². The van der Waals surface area contributed by atoms with Crippen LogP contribution < -0.4 is 15.5 Å².